The number of fused-ring (bicyclic) bond motifs is 1. The first-order valence-electron chi connectivity index (χ1n) is 3.16. The predicted molar refractivity (Wildman–Crippen MR) is 48.2 cm³/mol. The van der Waals surface area contributed by atoms with Gasteiger partial charge in [0.05, 0.1) is 11.2 Å². The number of nitrogens with zero attached hydrogens (tertiary/aromatic N) is 1. The van der Waals surface area contributed by atoms with E-state index in [0.29, 0.717) is 5.69 Å². The Morgan fingerprint density at radius 1 is 1.45 bits per heavy atom. The van der Waals surface area contributed by atoms with Crippen molar-refractivity contribution in [1.29, 1.82) is 0 Å². The molecule has 0 unspecified atom stereocenters. The molecule has 0 aliphatic carbocycles. The Morgan fingerprint density at radius 2 is 2.27 bits per heavy atom. The van der Waals surface area contributed by atoms with Crippen molar-refractivity contribution in [3.8, 4) is 0 Å². The van der Waals surface area contributed by atoms with Crippen molar-refractivity contribution in [2.24, 2.45) is 0 Å². The van der Waals surface area contributed by atoms with E-state index in [-0.39, 0.29) is 0 Å². The lowest BCUT2D eigenvalue weighted by atomic mass is 10.4. The summed E-state index contributed by atoms with van der Waals surface area (Å²) in [7, 11) is 0. The van der Waals surface area contributed by atoms with Crippen LogP contribution in [0, 0.1) is 0 Å². The van der Waals surface area contributed by atoms with Gasteiger partial charge in [-0.2, -0.15) is 0 Å². The number of nitrogen functional groups attached to an aromatic ring is 1. The van der Waals surface area contributed by atoms with E-state index in [4.69, 9.17) is 5.73 Å². The zero-order valence-electron chi connectivity index (χ0n) is 5.63. The first-order valence-corrected chi connectivity index (χ1v) is 3.96. The summed E-state index contributed by atoms with van der Waals surface area (Å²) in [6.07, 6.45) is 1.74. The van der Waals surface area contributed by atoms with E-state index < -0.39 is 0 Å². The van der Waals surface area contributed by atoms with Crippen molar-refractivity contribution in [3.63, 3.8) is 0 Å². The second kappa shape index (κ2) is 2.23. The summed E-state index contributed by atoms with van der Waals surface area (Å²) in [4.78, 5) is 7.20. The molecule has 3 nitrogen and oxygen atoms in total. The van der Waals surface area contributed by atoms with Crippen LogP contribution in [0.15, 0.2) is 22.9 Å². The number of hydrogen-bond acceptors (Lipinski definition) is 2. The molecule has 3 N–H and O–H groups in total. The highest BCUT2D eigenvalue weighted by molar-refractivity contribution is 9.10. The van der Waals surface area contributed by atoms with Crippen LogP contribution in [0.2, 0.25) is 0 Å². The molecule has 0 amide bonds. The van der Waals surface area contributed by atoms with Crippen molar-refractivity contribution in [2.45, 2.75) is 0 Å². The molecule has 56 valence electrons. The Labute approximate surface area is 71.7 Å². The van der Waals surface area contributed by atoms with Crippen LogP contribution in [0.1, 0.15) is 0 Å². The van der Waals surface area contributed by atoms with E-state index in [1.54, 1.807) is 6.20 Å². The normalized spacial score (nSPS) is 10.6. The van der Waals surface area contributed by atoms with Gasteiger partial charge < -0.3 is 10.7 Å². The number of aromatic amines is 1. The molecule has 0 aromatic carbocycles. The summed E-state index contributed by atoms with van der Waals surface area (Å²) < 4.78 is 0.802. The third-order valence-corrected chi connectivity index (χ3v) is 1.96. The van der Waals surface area contributed by atoms with Crippen LogP contribution < -0.4 is 5.73 Å². The van der Waals surface area contributed by atoms with Crippen LogP contribution in [-0.2, 0) is 0 Å². The second-order valence-corrected chi connectivity index (χ2v) is 3.09. The summed E-state index contributed by atoms with van der Waals surface area (Å²) in [6.45, 7) is 0. The summed E-state index contributed by atoms with van der Waals surface area (Å²) in [6, 6.07) is 3.81. The van der Waals surface area contributed by atoms with Gasteiger partial charge in [-0.25, -0.2) is 4.98 Å². The first-order chi connectivity index (χ1) is 5.27. The number of H-pyrrole nitrogens is 1. The summed E-state index contributed by atoms with van der Waals surface area (Å²) in [5, 5.41) is 0. The molecule has 2 aromatic heterocycles. The van der Waals surface area contributed by atoms with Gasteiger partial charge >= 0.3 is 0 Å². The Kier molecular flexibility index (Phi) is 1.35. The molecular formula is C7H6BrN3. The molecule has 2 heterocycles. The Hall–Kier alpha value is -1.03. The third kappa shape index (κ3) is 0.991. The smallest absolute Gasteiger partial charge is 0.112 e. The highest BCUT2D eigenvalue weighted by Crippen LogP contribution is 2.19. The van der Waals surface area contributed by atoms with Gasteiger partial charge in [0.2, 0.25) is 0 Å². The van der Waals surface area contributed by atoms with E-state index in [0.717, 1.165) is 15.6 Å². The second-order valence-electron chi connectivity index (χ2n) is 2.27. The average Bonchev–Trinajstić information content (AvgIpc) is 2.33. The molecular weight excluding hydrogens is 206 g/mol. The van der Waals surface area contributed by atoms with Crippen molar-refractivity contribution in [2.75, 3.05) is 5.73 Å². The van der Waals surface area contributed by atoms with Crippen molar-refractivity contribution < 1.29 is 0 Å². The van der Waals surface area contributed by atoms with Crippen molar-refractivity contribution in [3.05, 3.63) is 22.9 Å². The highest BCUT2D eigenvalue weighted by Gasteiger charge is 2.00. The van der Waals surface area contributed by atoms with Crippen LogP contribution in [0.5, 0.6) is 0 Å². The van der Waals surface area contributed by atoms with Crippen molar-refractivity contribution in [1.82, 2.24) is 9.97 Å². The molecule has 0 fully saturated rings. The van der Waals surface area contributed by atoms with Crippen LogP contribution in [-0.4, -0.2) is 9.97 Å². The number of nitrogens with two attached hydrogens (primary N) is 1. The van der Waals surface area contributed by atoms with Crippen LogP contribution in [0.3, 0.4) is 0 Å². The van der Waals surface area contributed by atoms with E-state index >= 15 is 0 Å². The topological polar surface area (TPSA) is 54.7 Å². The van der Waals surface area contributed by atoms with Gasteiger partial charge in [0.15, 0.2) is 0 Å². The third-order valence-electron chi connectivity index (χ3n) is 1.52. The van der Waals surface area contributed by atoms with E-state index in [1.807, 2.05) is 12.1 Å². The van der Waals surface area contributed by atoms with Gasteiger partial charge in [-0.15, -0.1) is 0 Å². The molecule has 2 rings (SSSR count). The Bertz CT molecular complexity index is 393. The number of anilines is 1. The largest absolute Gasteiger partial charge is 0.396 e. The van der Waals surface area contributed by atoms with Crippen LogP contribution >= 0.6 is 15.9 Å². The summed E-state index contributed by atoms with van der Waals surface area (Å²) in [5.41, 5.74) is 8.09. The summed E-state index contributed by atoms with van der Waals surface area (Å²) in [5.74, 6) is 0. The quantitative estimate of drug-likeness (QED) is 0.655. The predicted octanol–water partition coefficient (Wildman–Crippen LogP) is 1.91. The SMILES string of the molecule is Nc1c[nH]c2ccc(Br)nc12. The first kappa shape index (κ1) is 6.67. The standard InChI is InChI=1S/C7H6BrN3/c8-6-2-1-5-7(11-6)4(9)3-10-5/h1-3,10H,9H2. The minimum Gasteiger partial charge on any atom is -0.396 e. The molecule has 0 aliphatic heterocycles. The fourth-order valence-corrected chi connectivity index (χ4v) is 1.31. The maximum atomic E-state index is 5.63. The molecule has 0 aliphatic rings. The zero-order chi connectivity index (χ0) is 7.84. The minimum absolute atomic E-state index is 0.682. The molecule has 0 bridgehead atoms. The van der Waals surface area contributed by atoms with Gasteiger partial charge in [0, 0.05) is 6.20 Å². The highest BCUT2D eigenvalue weighted by atomic mass is 79.9. The molecule has 0 saturated heterocycles. The number of nitrogens with one attached hydrogen (secondary N) is 1. The summed E-state index contributed by atoms with van der Waals surface area (Å²) >= 11 is 3.27. The molecule has 2 aromatic rings. The van der Waals surface area contributed by atoms with Gasteiger partial charge in [0.1, 0.15) is 10.1 Å². The fraction of sp³-hybridized carbons (Fsp3) is 0. The number of pyridine rings is 1. The zero-order valence-corrected chi connectivity index (χ0v) is 7.22. The number of rotatable bonds is 0. The molecule has 0 spiro atoms. The maximum absolute atomic E-state index is 5.63. The van der Waals surface area contributed by atoms with Gasteiger partial charge in [-0.1, -0.05) is 0 Å². The maximum Gasteiger partial charge on any atom is 0.112 e. The average molecular weight is 212 g/mol. The van der Waals surface area contributed by atoms with E-state index in [1.165, 1.54) is 0 Å². The monoisotopic (exact) mass is 211 g/mol. The molecule has 0 radical (unpaired) electrons. The molecule has 4 heteroatoms. The number of aromatic nitrogens is 2. The minimum atomic E-state index is 0.682. The van der Waals surface area contributed by atoms with Crippen molar-refractivity contribution >= 4 is 32.7 Å². The number of halogens is 1. The molecule has 0 atom stereocenters. The van der Waals surface area contributed by atoms with Gasteiger partial charge in [0.25, 0.3) is 0 Å². The van der Waals surface area contributed by atoms with Crippen LogP contribution in [0.25, 0.3) is 11.0 Å². The van der Waals surface area contributed by atoms with E-state index in [9.17, 15) is 0 Å². The number of hydrogen-bond donors (Lipinski definition) is 2. The Balaban J connectivity index is 2.87. The van der Waals surface area contributed by atoms with E-state index in [2.05, 4.69) is 25.9 Å². The van der Waals surface area contributed by atoms with Gasteiger partial charge in [-0.3, -0.25) is 0 Å². The molecule has 11 heavy (non-hydrogen) atoms. The molecule has 0 saturated carbocycles. The lowest BCUT2D eigenvalue weighted by molar-refractivity contribution is 1.35. The fourth-order valence-electron chi connectivity index (χ4n) is 0.996. The lowest BCUT2D eigenvalue weighted by Crippen LogP contribution is -1.83. The lowest BCUT2D eigenvalue weighted by Gasteiger charge is -1.90. The Morgan fingerprint density at radius 3 is 3.09 bits per heavy atom. The van der Waals surface area contributed by atoms with Crippen LogP contribution in [0.4, 0.5) is 5.69 Å². The van der Waals surface area contributed by atoms with Gasteiger partial charge in [-0.05, 0) is 28.1 Å².